The van der Waals surface area contributed by atoms with Gasteiger partial charge in [0, 0.05) is 24.7 Å². The summed E-state index contributed by atoms with van der Waals surface area (Å²) in [6.45, 7) is 1.95. The fraction of sp³-hybridized carbons (Fsp3) is 1.00. The zero-order valence-electron chi connectivity index (χ0n) is 8.04. The number of hydrogen-bond acceptors (Lipinski definition) is 3. The van der Waals surface area contributed by atoms with Crippen LogP contribution in [0.25, 0.3) is 0 Å². The fourth-order valence-corrected chi connectivity index (χ4v) is 3.07. The minimum Gasteiger partial charge on any atom is -0.377 e. The summed E-state index contributed by atoms with van der Waals surface area (Å²) in [5.41, 5.74) is 0. The van der Waals surface area contributed by atoms with Crippen LogP contribution in [-0.4, -0.2) is 36.9 Å². The van der Waals surface area contributed by atoms with E-state index in [2.05, 4.69) is 0 Å². The standard InChI is InChI=1S/C10H18O2S/c1-3-9(11-5-1)7-13-8-10-4-2-6-12-10/h9-10H,1-8H2/t9-,10-/m0/s1. The van der Waals surface area contributed by atoms with Crippen LogP contribution in [0.4, 0.5) is 0 Å². The van der Waals surface area contributed by atoms with Crippen molar-refractivity contribution >= 4 is 11.8 Å². The van der Waals surface area contributed by atoms with Crippen LogP contribution in [0.2, 0.25) is 0 Å². The number of thioether (sulfide) groups is 1. The predicted molar refractivity (Wildman–Crippen MR) is 55.3 cm³/mol. The average Bonchev–Trinajstić information content (AvgIpc) is 2.75. The molecule has 0 amide bonds. The molecule has 2 heterocycles. The maximum Gasteiger partial charge on any atom is 0.0666 e. The van der Waals surface area contributed by atoms with Crippen LogP contribution in [0, 0.1) is 0 Å². The molecule has 2 nitrogen and oxygen atoms in total. The van der Waals surface area contributed by atoms with E-state index >= 15 is 0 Å². The first-order valence-electron chi connectivity index (χ1n) is 5.26. The number of hydrogen-bond donors (Lipinski definition) is 0. The van der Waals surface area contributed by atoms with Crippen LogP contribution in [0.15, 0.2) is 0 Å². The third-order valence-electron chi connectivity index (χ3n) is 2.66. The van der Waals surface area contributed by atoms with Gasteiger partial charge in [0.2, 0.25) is 0 Å². The summed E-state index contributed by atoms with van der Waals surface area (Å²) in [6.07, 6.45) is 6.10. The van der Waals surface area contributed by atoms with Gasteiger partial charge < -0.3 is 9.47 Å². The lowest BCUT2D eigenvalue weighted by Gasteiger charge is -2.11. The molecule has 2 rings (SSSR count). The van der Waals surface area contributed by atoms with Crippen molar-refractivity contribution in [2.45, 2.75) is 37.9 Å². The Labute approximate surface area is 84.4 Å². The molecule has 3 heteroatoms. The van der Waals surface area contributed by atoms with E-state index in [0.29, 0.717) is 12.2 Å². The van der Waals surface area contributed by atoms with Crippen molar-refractivity contribution in [2.75, 3.05) is 24.7 Å². The van der Waals surface area contributed by atoms with E-state index in [1.807, 2.05) is 11.8 Å². The average molecular weight is 202 g/mol. The van der Waals surface area contributed by atoms with Gasteiger partial charge in [-0.15, -0.1) is 0 Å². The molecule has 2 fully saturated rings. The molecule has 0 aromatic heterocycles. The Hall–Kier alpha value is 0.270. The van der Waals surface area contributed by atoms with Gasteiger partial charge in [0.25, 0.3) is 0 Å². The Balaban J connectivity index is 1.52. The SMILES string of the molecule is C1CO[C@H](CSC[C@@H]2CCCO2)C1. The monoisotopic (exact) mass is 202 g/mol. The van der Waals surface area contributed by atoms with Crippen molar-refractivity contribution in [3.05, 3.63) is 0 Å². The van der Waals surface area contributed by atoms with Crippen molar-refractivity contribution in [3.63, 3.8) is 0 Å². The molecular weight excluding hydrogens is 184 g/mol. The Bertz CT molecular complexity index is 124. The minimum absolute atomic E-state index is 0.534. The summed E-state index contributed by atoms with van der Waals surface area (Å²) < 4.78 is 11.1. The second-order valence-electron chi connectivity index (χ2n) is 3.81. The molecule has 76 valence electrons. The van der Waals surface area contributed by atoms with Gasteiger partial charge in [-0.05, 0) is 25.7 Å². The van der Waals surface area contributed by atoms with E-state index in [-0.39, 0.29) is 0 Å². The van der Waals surface area contributed by atoms with Crippen LogP contribution in [0.5, 0.6) is 0 Å². The van der Waals surface area contributed by atoms with Gasteiger partial charge in [-0.3, -0.25) is 0 Å². The molecule has 0 bridgehead atoms. The summed E-state index contributed by atoms with van der Waals surface area (Å²) in [5, 5.41) is 0. The molecular formula is C10H18O2S. The molecule has 0 spiro atoms. The molecule has 0 saturated carbocycles. The predicted octanol–water partition coefficient (Wildman–Crippen LogP) is 2.08. The van der Waals surface area contributed by atoms with E-state index in [4.69, 9.17) is 9.47 Å². The summed E-state index contributed by atoms with van der Waals surface area (Å²) in [6, 6.07) is 0. The van der Waals surface area contributed by atoms with Gasteiger partial charge in [0.05, 0.1) is 12.2 Å². The zero-order valence-corrected chi connectivity index (χ0v) is 8.85. The van der Waals surface area contributed by atoms with Crippen LogP contribution in [-0.2, 0) is 9.47 Å². The maximum absolute atomic E-state index is 5.56. The topological polar surface area (TPSA) is 18.5 Å². The summed E-state index contributed by atoms with van der Waals surface area (Å²) >= 11 is 2.00. The molecule has 0 aromatic carbocycles. The quantitative estimate of drug-likeness (QED) is 0.695. The lowest BCUT2D eigenvalue weighted by atomic mass is 10.3. The van der Waals surface area contributed by atoms with Crippen LogP contribution >= 0.6 is 11.8 Å². The second-order valence-corrected chi connectivity index (χ2v) is 4.88. The van der Waals surface area contributed by atoms with E-state index in [9.17, 15) is 0 Å². The molecule has 0 N–H and O–H groups in total. The minimum atomic E-state index is 0.534. The van der Waals surface area contributed by atoms with Crippen LogP contribution in [0.1, 0.15) is 25.7 Å². The zero-order chi connectivity index (χ0) is 8.93. The summed E-state index contributed by atoms with van der Waals surface area (Å²) in [7, 11) is 0. The van der Waals surface area contributed by atoms with Crippen LogP contribution in [0.3, 0.4) is 0 Å². The van der Waals surface area contributed by atoms with Crippen LogP contribution < -0.4 is 0 Å². The van der Waals surface area contributed by atoms with Gasteiger partial charge in [-0.2, -0.15) is 11.8 Å². The first-order valence-corrected chi connectivity index (χ1v) is 6.41. The lowest BCUT2D eigenvalue weighted by molar-refractivity contribution is 0.125. The highest BCUT2D eigenvalue weighted by Crippen LogP contribution is 2.21. The number of rotatable bonds is 4. The van der Waals surface area contributed by atoms with Gasteiger partial charge in [-0.25, -0.2) is 0 Å². The van der Waals surface area contributed by atoms with Crippen molar-refractivity contribution in [1.29, 1.82) is 0 Å². The lowest BCUT2D eigenvalue weighted by Crippen LogP contribution is -2.13. The molecule has 13 heavy (non-hydrogen) atoms. The molecule has 0 aliphatic carbocycles. The smallest absolute Gasteiger partial charge is 0.0666 e. The first kappa shape index (κ1) is 9.81. The summed E-state index contributed by atoms with van der Waals surface area (Å²) in [5.74, 6) is 2.33. The van der Waals surface area contributed by atoms with Gasteiger partial charge in [0.1, 0.15) is 0 Å². The molecule has 0 unspecified atom stereocenters. The van der Waals surface area contributed by atoms with Gasteiger partial charge in [0.15, 0.2) is 0 Å². The Morgan fingerprint density at radius 2 is 1.46 bits per heavy atom. The summed E-state index contributed by atoms with van der Waals surface area (Å²) in [4.78, 5) is 0. The Kier molecular flexibility index (Phi) is 3.94. The van der Waals surface area contributed by atoms with Crippen molar-refractivity contribution < 1.29 is 9.47 Å². The first-order chi connectivity index (χ1) is 6.45. The third kappa shape index (κ3) is 3.15. The van der Waals surface area contributed by atoms with Gasteiger partial charge in [-0.1, -0.05) is 0 Å². The highest BCUT2D eigenvalue weighted by molar-refractivity contribution is 7.99. The molecule has 2 atom stereocenters. The van der Waals surface area contributed by atoms with Crippen molar-refractivity contribution in [3.8, 4) is 0 Å². The molecule has 2 saturated heterocycles. The molecule has 2 aliphatic rings. The molecule has 2 aliphatic heterocycles. The van der Waals surface area contributed by atoms with E-state index in [1.165, 1.54) is 37.2 Å². The Morgan fingerprint density at radius 1 is 0.923 bits per heavy atom. The number of ether oxygens (including phenoxy) is 2. The highest BCUT2D eigenvalue weighted by atomic mass is 32.2. The Morgan fingerprint density at radius 3 is 1.85 bits per heavy atom. The maximum atomic E-state index is 5.56. The normalized spacial score (nSPS) is 34.2. The van der Waals surface area contributed by atoms with Crippen molar-refractivity contribution in [1.82, 2.24) is 0 Å². The third-order valence-corrected chi connectivity index (χ3v) is 3.87. The van der Waals surface area contributed by atoms with E-state index in [0.717, 1.165) is 13.2 Å². The van der Waals surface area contributed by atoms with Gasteiger partial charge >= 0.3 is 0 Å². The molecule has 0 radical (unpaired) electrons. The van der Waals surface area contributed by atoms with E-state index < -0.39 is 0 Å². The van der Waals surface area contributed by atoms with E-state index in [1.54, 1.807) is 0 Å². The van der Waals surface area contributed by atoms with Crippen molar-refractivity contribution in [2.24, 2.45) is 0 Å². The largest absolute Gasteiger partial charge is 0.377 e. The fourth-order valence-electron chi connectivity index (χ4n) is 1.88. The highest BCUT2D eigenvalue weighted by Gasteiger charge is 2.18. The molecule has 0 aromatic rings. The second kappa shape index (κ2) is 5.23.